The van der Waals surface area contributed by atoms with Crippen molar-refractivity contribution in [3.63, 3.8) is 0 Å². The third kappa shape index (κ3) is 4.44. The van der Waals surface area contributed by atoms with Crippen molar-refractivity contribution < 1.29 is 21.1 Å². The van der Waals surface area contributed by atoms with Gasteiger partial charge in [0.05, 0.1) is 6.61 Å². The Balaban J connectivity index is 0.000000561. The van der Waals surface area contributed by atoms with Crippen LogP contribution in [0.25, 0.3) is 0 Å². The minimum atomic E-state index is 0.615. The van der Waals surface area contributed by atoms with Gasteiger partial charge < -0.3 is 4.74 Å². The van der Waals surface area contributed by atoms with Gasteiger partial charge in [-0.3, -0.25) is 0 Å². The van der Waals surface area contributed by atoms with E-state index in [-0.39, 0.29) is 0 Å². The minimum absolute atomic E-state index is 0.615. The number of hydrogen-bond donors (Lipinski definition) is 0. The van der Waals surface area contributed by atoms with Gasteiger partial charge >= 0.3 is 30.0 Å². The summed E-state index contributed by atoms with van der Waals surface area (Å²) in [5.74, 6) is 0.725. The van der Waals surface area contributed by atoms with E-state index in [1.807, 2.05) is 6.92 Å². The van der Waals surface area contributed by atoms with Crippen molar-refractivity contribution >= 4 is 25.2 Å². The Kier molecular flexibility index (Phi) is 8.31. The maximum atomic E-state index is 5.75. The summed E-state index contributed by atoms with van der Waals surface area (Å²) in [6.07, 6.45) is 0. The summed E-state index contributed by atoms with van der Waals surface area (Å²) in [4.78, 5) is 0. The van der Waals surface area contributed by atoms with Crippen molar-refractivity contribution in [3.05, 3.63) is 29.3 Å². The Hall–Kier alpha value is 0.413. The Morgan fingerprint density at radius 1 is 1.67 bits per heavy atom. The van der Waals surface area contributed by atoms with Crippen molar-refractivity contribution in [2.24, 2.45) is 0 Å². The number of benzene rings is 1. The molecule has 0 saturated heterocycles. The molecule has 1 aromatic carbocycles. The zero-order valence-corrected chi connectivity index (χ0v) is 12.1. The second-order valence-corrected chi connectivity index (χ2v) is 2.20. The van der Waals surface area contributed by atoms with E-state index in [1.165, 1.54) is 16.3 Å². The molecule has 0 atom stereocenters. The molecule has 0 radical (unpaired) electrons. The van der Waals surface area contributed by atoms with Crippen LogP contribution in [-0.2, 0) is 16.3 Å². The van der Waals surface area contributed by atoms with Gasteiger partial charge in [0.2, 0.25) is 0 Å². The molecule has 0 aliphatic heterocycles. The molecule has 4 heteroatoms. The van der Waals surface area contributed by atoms with Gasteiger partial charge in [-0.25, -0.2) is 0 Å². The summed E-state index contributed by atoms with van der Waals surface area (Å²) in [6, 6.07) is 8.11. The molecule has 0 amide bonds. The molecule has 0 aromatic heterocycles. The monoisotopic (exact) mass is 298 g/mol. The summed E-state index contributed by atoms with van der Waals surface area (Å²) in [6.45, 7) is 2.57. The molecule has 0 saturated carbocycles. The van der Waals surface area contributed by atoms with E-state index in [2.05, 4.69) is 19.7 Å². The van der Waals surface area contributed by atoms with E-state index >= 15 is 0 Å². The van der Waals surface area contributed by atoms with Gasteiger partial charge in [-0.05, 0) is 11.9 Å². The van der Waals surface area contributed by atoms with Crippen LogP contribution >= 0.6 is 25.2 Å². The van der Waals surface area contributed by atoms with Crippen LogP contribution in [0.5, 0.6) is 5.75 Å². The second-order valence-electron chi connectivity index (χ2n) is 1.79. The van der Waals surface area contributed by atoms with Gasteiger partial charge in [-0.2, -0.15) is 29.8 Å². The van der Waals surface area contributed by atoms with Crippen LogP contribution in [0.2, 0.25) is 5.02 Å². The average molecular weight is 301 g/mol. The maximum absolute atomic E-state index is 5.75. The fourth-order valence-electron chi connectivity index (χ4n) is 0.668. The van der Waals surface area contributed by atoms with Crippen LogP contribution in [0.4, 0.5) is 0 Å². The summed E-state index contributed by atoms with van der Waals surface area (Å²) in [7, 11) is 0. The second kappa shape index (κ2) is 8.03. The quantitative estimate of drug-likeness (QED) is 0.601. The fraction of sp³-hybridized carbons (Fsp3) is 0.250. The molecule has 0 bridgehead atoms. The van der Waals surface area contributed by atoms with Crippen molar-refractivity contribution in [3.8, 4) is 5.75 Å². The zero-order valence-electron chi connectivity index (χ0n) is 6.81. The third-order valence-corrected chi connectivity index (χ3v) is 1.37. The Morgan fingerprint density at radius 2 is 2.33 bits per heavy atom. The summed E-state index contributed by atoms with van der Waals surface area (Å²) >= 11 is 10.00. The molecule has 1 nitrogen and oxygen atoms in total. The van der Waals surface area contributed by atoms with Gasteiger partial charge in [0.15, 0.2) is 0 Å². The van der Waals surface area contributed by atoms with Gasteiger partial charge in [0.1, 0.15) is 0 Å². The van der Waals surface area contributed by atoms with Crippen molar-refractivity contribution in [2.45, 2.75) is 6.92 Å². The number of hydrogen-bond acceptors (Lipinski definition) is 1. The summed E-state index contributed by atoms with van der Waals surface area (Å²) < 4.78 is 5.18. The molecule has 0 aliphatic carbocycles. The van der Waals surface area contributed by atoms with Crippen molar-refractivity contribution in [2.75, 3.05) is 6.61 Å². The molecule has 0 heterocycles. The van der Waals surface area contributed by atoms with E-state index < -0.39 is 0 Å². The molecule has 1 aromatic rings. The Bertz CT molecular complexity index is 220. The SMILES string of the molecule is CCOc1cc[c-]cc1Cl.[Zn+][Br]. The van der Waals surface area contributed by atoms with Gasteiger partial charge in [-0.1, -0.05) is 0 Å². The summed E-state index contributed by atoms with van der Waals surface area (Å²) in [5, 5.41) is 0.615. The number of rotatable bonds is 2. The molecule has 0 fully saturated rings. The molecule has 1 rings (SSSR count). The Labute approximate surface area is 94.5 Å². The van der Waals surface area contributed by atoms with Crippen LogP contribution in [0.3, 0.4) is 0 Å². The van der Waals surface area contributed by atoms with Gasteiger partial charge in [0, 0.05) is 5.75 Å². The van der Waals surface area contributed by atoms with Crippen LogP contribution in [-0.4, -0.2) is 6.61 Å². The van der Waals surface area contributed by atoms with Crippen LogP contribution in [0, 0.1) is 6.07 Å². The predicted molar refractivity (Wildman–Crippen MR) is 50.4 cm³/mol. The first-order valence-corrected chi connectivity index (χ1v) is 10.7. The van der Waals surface area contributed by atoms with Gasteiger partial charge in [-0.15, -0.1) is 6.07 Å². The first-order chi connectivity index (χ1) is 5.84. The topological polar surface area (TPSA) is 9.23 Å². The standard InChI is InChI=1S/C8H8ClO.BrH.Zn/c1-2-10-8-6-4-3-5-7(8)9;;/h4-6H,2H2,1H3;1H;/q-1;;+2/p-1. The van der Waals surface area contributed by atoms with Gasteiger partial charge in [0.25, 0.3) is 0 Å². The zero-order chi connectivity index (χ0) is 9.40. The third-order valence-electron chi connectivity index (χ3n) is 1.08. The van der Waals surface area contributed by atoms with E-state index in [0.29, 0.717) is 11.6 Å². The van der Waals surface area contributed by atoms with Crippen LogP contribution in [0.15, 0.2) is 18.2 Å². The molecular weight excluding hydrogens is 293 g/mol. The molecule has 0 aliphatic rings. The first kappa shape index (κ1) is 12.4. The first-order valence-electron chi connectivity index (χ1n) is 3.39. The van der Waals surface area contributed by atoms with E-state index in [1.54, 1.807) is 18.2 Å². The predicted octanol–water partition coefficient (Wildman–Crippen LogP) is 3.38. The number of halogens is 2. The normalized spacial score (nSPS) is 8.42. The van der Waals surface area contributed by atoms with E-state index in [9.17, 15) is 0 Å². The molecule has 12 heavy (non-hydrogen) atoms. The Morgan fingerprint density at radius 3 is 2.83 bits per heavy atom. The fourth-order valence-corrected chi connectivity index (χ4v) is 0.849. The molecular formula is C8H8BrClOZn. The molecule has 62 valence electrons. The van der Waals surface area contributed by atoms with Crippen LogP contribution < -0.4 is 4.74 Å². The van der Waals surface area contributed by atoms with Crippen molar-refractivity contribution in [1.82, 2.24) is 0 Å². The van der Waals surface area contributed by atoms with Crippen LogP contribution in [0.1, 0.15) is 6.92 Å². The van der Waals surface area contributed by atoms with E-state index in [4.69, 9.17) is 16.3 Å². The van der Waals surface area contributed by atoms with E-state index in [0.717, 1.165) is 5.75 Å². The van der Waals surface area contributed by atoms with Crippen molar-refractivity contribution in [1.29, 1.82) is 0 Å². The summed E-state index contributed by atoms with van der Waals surface area (Å²) in [5.41, 5.74) is 0. The number of ether oxygens (including phenoxy) is 1. The molecule has 0 unspecified atom stereocenters. The molecule has 0 N–H and O–H groups in total. The molecule has 0 spiro atoms. The average Bonchev–Trinajstić information content (AvgIpc) is 2.13.